The van der Waals surface area contributed by atoms with Crippen molar-refractivity contribution in [2.75, 3.05) is 44.2 Å². The maximum absolute atomic E-state index is 13.3. The second kappa shape index (κ2) is 11.4. The second-order valence-corrected chi connectivity index (χ2v) is 8.53. The average molecular weight is 483 g/mol. The third kappa shape index (κ3) is 5.66. The summed E-state index contributed by atoms with van der Waals surface area (Å²) in [6.45, 7) is 7.94. The Kier molecular flexibility index (Phi) is 7.86. The van der Waals surface area contributed by atoms with E-state index in [2.05, 4.69) is 21.7 Å². The number of aromatic nitrogens is 1. The first kappa shape index (κ1) is 24.8. The third-order valence-corrected chi connectivity index (χ3v) is 6.32. The van der Waals surface area contributed by atoms with Crippen LogP contribution in [0.4, 0.5) is 5.69 Å². The largest absolute Gasteiger partial charge is 0.506 e. The Morgan fingerprint density at radius 3 is 2.31 bits per heavy atom. The van der Waals surface area contributed by atoms with Crippen LogP contribution < -0.4 is 4.90 Å². The van der Waals surface area contributed by atoms with Crippen LogP contribution in [0.2, 0.25) is 0 Å². The topological polar surface area (TPSA) is 77.0 Å². The fourth-order valence-electron chi connectivity index (χ4n) is 4.26. The zero-order chi connectivity index (χ0) is 25.5. The lowest BCUT2D eigenvalue weighted by molar-refractivity contribution is 0.0744. The summed E-state index contributed by atoms with van der Waals surface area (Å²) >= 11 is 0. The standard InChI is InChI=1S/C29H30N4O3/c1-3-31(4-2)28(35)24-11-13-25(14-12-24)32-15-17-33(18-16-32)29(36)27-8-6-5-7-23(27)10-9-22-19-26(34)21-30-20-22/h5-8,11-14,19-21,34H,3-4,15-18H2,1-2H3. The van der Waals surface area contributed by atoms with Crippen molar-refractivity contribution in [2.24, 2.45) is 0 Å². The lowest BCUT2D eigenvalue weighted by Crippen LogP contribution is -2.49. The van der Waals surface area contributed by atoms with Gasteiger partial charge in [-0.25, -0.2) is 0 Å². The molecule has 2 amide bonds. The molecule has 0 unspecified atom stereocenters. The Morgan fingerprint density at radius 2 is 1.64 bits per heavy atom. The van der Waals surface area contributed by atoms with Gasteiger partial charge < -0.3 is 19.8 Å². The number of amides is 2. The Bertz CT molecular complexity index is 1280. The summed E-state index contributed by atoms with van der Waals surface area (Å²) in [7, 11) is 0. The number of piperazine rings is 1. The molecule has 184 valence electrons. The van der Waals surface area contributed by atoms with Crippen LogP contribution in [0.15, 0.2) is 67.0 Å². The molecule has 1 aliphatic heterocycles. The van der Waals surface area contributed by atoms with Crippen molar-refractivity contribution in [3.63, 3.8) is 0 Å². The summed E-state index contributed by atoms with van der Waals surface area (Å²) in [5.41, 5.74) is 3.52. The molecule has 1 fully saturated rings. The maximum Gasteiger partial charge on any atom is 0.255 e. The van der Waals surface area contributed by atoms with E-state index in [0.29, 0.717) is 61.5 Å². The highest BCUT2D eigenvalue weighted by Crippen LogP contribution is 2.20. The van der Waals surface area contributed by atoms with Crippen LogP contribution in [0.3, 0.4) is 0 Å². The van der Waals surface area contributed by atoms with E-state index in [1.165, 1.54) is 12.3 Å². The number of hydrogen-bond acceptors (Lipinski definition) is 5. The molecular weight excluding hydrogens is 452 g/mol. The van der Waals surface area contributed by atoms with Gasteiger partial charge in [0.2, 0.25) is 0 Å². The number of carbonyl (C=O) groups is 2. The molecule has 4 rings (SSSR count). The average Bonchev–Trinajstić information content (AvgIpc) is 2.92. The lowest BCUT2D eigenvalue weighted by Gasteiger charge is -2.36. The van der Waals surface area contributed by atoms with Crippen molar-refractivity contribution in [3.8, 4) is 17.6 Å². The quantitative estimate of drug-likeness (QED) is 0.562. The Morgan fingerprint density at radius 1 is 0.944 bits per heavy atom. The number of benzene rings is 2. The molecule has 36 heavy (non-hydrogen) atoms. The van der Waals surface area contributed by atoms with Crippen LogP contribution in [-0.4, -0.2) is 71.0 Å². The van der Waals surface area contributed by atoms with Crippen LogP contribution >= 0.6 is 0 Å². The Hall–Kier alpha value is -4.31. The first-order valence-electron chi connectivity index (χ1n) is 12.2. The molecular formula is C29H30N4O3. The van der Waals surface area contributed by atoms with Gasteiger partial charge in [-0.05, 0) is 56.3 Å². The van der Waals surface area contributed by atoms with Crippen molar-refractivity contribution in [1.82, 2.24) is 14.8 Å². The van der Waals surface area contributed by atoms with Crippen LogP contribution in [0.1, 0.15) is 45.7 Å². The smallest absolute Gasteiger partial charge is 0.255 e. The molecule has 1 N–H and O–H groups in total. The van der Waals surface area contributed by atoms with Crippen LogP contribution in [0, 0.1) is 11.8 Å². The van der Waals surface area contributed by atoms with Gasteiger partial charge in [0.1, 0.15) is 5.75 Å². The number of rotatable bonds is 5. The highest BCUT2D eigenvalue weighted by Gasteiger charge is 2.24. The van der Waals surface area contributed by atoms with E-state index in [-0.39, 0.29) is 17.6 Å². The number of carbonyl (C=O) groups excluding carboxylic acids is 2. The number of anilines is 1. The molecule has 0 atom stereocenters. The summed E-state index contributed by atoms with van der Waals surface area (Å²) < 4.78 is 0. The van der Waals surface area contributed by atoms with E-state index in [0.717, 1.165) is 5.69 Å². The van der Waals surface area contributed by atoms with E-state index in [1.54, 1.807) is 12.3 Å². The van der Waals surface area contributed by atoms with Crippen LogP contribution in [-0.2, 0) is 0 Å². The van der Waals surface area contributed by atoms with Crippen molar-refractivity contribution in [2.45, 2.75) is 13.8 Å². The molecule has 2 heterocycles. The van der Waals surface area contributed by atoms with Gasteiger partial charge in [0, 0.05) is 67.8 Å². The summed E-state index contributed by atoms with van der Waals surface area (Å²) in [6.07, 6.45) is 2.92. The fourth-order valence-corrected chi connectivity index (χ4v) is 4.26. The Labute approximate surface area is 212 Å². The molecule has 0 aliphatic carbocycles. The van der Waals surface area contributed by atoms with Crippen molar-refractivity contribution < 1.29 is 14.7 Å². The van der Waals surface area contributed by atoms with Crippen LogP contribution in [0.5, 0.6) is 5.75 Å². The molecule has 7 nitrogen and oxygen atoms in total. The SMILES string of the molecule is CCN(CC)C(=O)c1ccc(N2CCN(C(=O)c3ccccc3C#Cc3cncc(O)c3)CC2)cc1. The van der Waals surface area contributed by atoms with Gasteiger partial charge in [0.15, 0.2) is 0 Å². The minimum Gasteiger partial charge on any atom is -0.506 e. The van der Waals surface area contributed by atoms with Gasteiger partial charge in [-0.3, -0.25) is 14.6 Å². The zero-order valence-electron chi connectivity index (χ0n) is 20.6. The number of nitrogens with zero attached hydrogens (tertiary/aromatic N) is 4. The normalized spacial score (nSPS) is 13.1. The van der Waals surface area contributed by atoms with Crippen LogP contribution in [0.25, 0.3) is 0 Å². The van der Waals surface area contributed by atoms with E-state index in [4.69, 9.17) is 0 Å². The summed E-state index contributed by atoms with van der Waals surface area (Å²) in [5, 5.41) is 9.60. The van der Waals surface area contributed by atoms with Gasteiger partial charge in [0.05, 0.1) is 11.8 Å². The molecule has 2 aromatic carbocycles. The number of hydrogen-bond donors (Lipinski definition) is 1. The first-order chi connectivity index (χ1) is 17.5. The zero-order valence-corrected chi connectivity index (χ0v) is 20.6. The predicted molar refractivity (Wildman–Crippen MR) is 140 cm³/mol. The van der Waals surface area contributed by atoms with E-state index in [9.17, 15) is 14.7 Å². The highest BCUT2D eigenvalue weighted by atomic mass is 16.3. The third-order valence-electron chi connectivity index (χ3n) is 6.32. The predicted octanol–water partition coefficient (Wildman–Crippen LogP) is 3.63. The summed E-state index contributed by atoms with van der Waals surface area (Å²) in [4.78, 5) is 35.7. The second-order valence-electron chi connectivity index (χ2n) is 8.53. The van der Waals surface area contributed by atoms with Crippen molar-refractivity contribution >= 4 is 17.5 Å². The van der Waals surface area contributed by atoms with Crippen molar-refractivity contribution in [3.05, 3.63) is 89.2 Å². The van der Waals surface area contributed by atoms with Gasteiger partial charge in [-0.1, -0.05) is 24.0 Å². The Balaban J connectivity index is 1.41. The maximum atomic E-state index is 13.3. The molecule has 0 saturated carbocycles. The molecule has 1 aromatic heterocycles. The minimum absolute atomic E-state index is 0.0454. The molecule has 1 saturated heterocycles. The molecule has 0 radical (unpaired) electrons. The molecule has 7 heteroatoms. The first-order valence-corrected chi connectivity index (χ1v) is 12.2. The molecule has 0 spiro atoms. The fraction of sp³-hybridized carbons (Fsp3) is 0.276. The minimum atomic E-state index is -0.0475. The lowest BCUT2D eigenvalue weighted by atomic mass is 10.1. The molecule has 0 bridgehead atoms. The van der Waals surface area contributed by atoms with Gasteiger partial charge in [-0.15, -0.1) is 0 Å². The monoisotopic (exact) mass is 482 g/mol. The van der Waals surface area contributed by atoms with E-state index < -0.39 is 0 Å². The van der Waals surface area contributed by atoms with E-state index >= 15 is 0 Å². The van der Waals surface area contributed by atoms with Crippen molar-refractivity contribution in [1.29, 1.82) is 0 Å². The van der Waals surface area contributed by atoms with E-state index in [1.807, 2.05) is 66.1 Å². The summed E-state index contributed by atoms with van der Waals surface area (Å²) in [5.74, 6) is 6.08. The summed E-state index contributed by atoms with van der Waals surface area (Å²) in [6, 6.07) is 16.6. The highest BCUT2D eigenvalue weighted by molar-refractivity contribution is 5.97. The number of pyridine rings is 1. The molecule has 3 aromatic rings. The molecule has 1 aliphatic rings. The van der Waals surface area contributed by atoms with Gasteiger partial charge >= 0.3 is 0 Å². The van der Waals surface area contributed by atoms with Gasteiger partial charge in [0.25, 0.3) is 11.8 Å². The van der Waals surface area contributed by atoms with Gasteiger partial charge in [-0.2, -0.15) is 0 Å². The number of aromatic hydroxyl groups is 1.